The average Bonchev–Trinajstić information content (AvgIpc) is 2.28. The molecule has 0 saturated heterocycles. The molecular weight excluding hydrogens is 204 g/mol. The van der Waals surface area contributed by atoms with E-state index >= 15 is 0 Å². The molecule has 0 aliphatic carbocycles. The summed E-state index contributed by atoms with van der Waals surface area (Å²) in [6.07, 6.45) is 1.01. The molecule has 0 fully saturated rings. The number of carbonyl (C=O) groups is 1. The van der Waals surface area contributed by atoms with Crippen molar-refractivity contribution in [2.24, 2.45) is 0 Å². The molecule has 1 unspecified atom stereocenters. The van der Waals surface area contributed by atoms with Crippen molar-refractivity contribution in [1.82, 2.24) is 15.1 Å². The van der Waals surface area contributed by atoms with E-state index in [0.29, 0.717) is 17.6 Å². The summed E-state index contributed by atoms with van der Waals surface area (Å²) in [5.74, 6) is 0.562. The zero-order chi connectivity index (χ0) is 12.1. The zero-order valence-electron chi connectivity index (χ0n) is 10.2. The van der Waals surface area contributed by atoms with E-state index in [2.05, 4.69) is 29.4 Å². The second kappa shape index (κ2) is 5.44. The van der Waals surface area contributed by atoms with Gasteiger partial charge in [0, 0.05) is 20.1 Å². The number of nitrogens with one attached hydrogen (secondary N) is 1. The van der Waals surface area contributed by atoms with Crippen molar-refractivity contribution in [3.05, 3.63) is 17.8 Å². The van der Waals surface area contributed by atoms with E-state index in [1.807, 2.05) is 0 Å². The summed E-state index contributed by atoms with van der Waals surface area (Å²) in [7, 11) is 3.38. The van der Waals surface area contributed by atoms with Crippen LogP contribution >= 0.6 is 0 Å². The quantitative estimate of drug-likeness (QED) is 0.836. The predicted octanol–water partition coefficient (Wildman–Crippen LogP) is 1.39. The third-order valence-corrected chi connectivity index (χ3v) is 2.30. The fourth-order valence-electron chi connectivity index (χ4n) is 1.11. The molecule has 1 aromatic heterocycles. The summed E-state index contributed by atoms with van der Waals surface area (Å²) in [4.78, 5) is 13.0. The molecule has 1 amide bonds. The maximum absolute atomic E-state index is 11.5. The third kappa shape index (κ3) is 3.18. The fourth-order valence-corrected chi connectivity index (χ4v) is 1.11. The first-order chi connectivity index (χ1) is 7.54. The first-order valence-electron chi connectivity index (χ1n) is 5.36. The van der Waals surface area contributed by atoms with Crippen LogP contribution in [0.1, 0.15) is 30.8 Å². The topological polar surface area (TPSA) is 58.1 Å². The molecule has 1 N–H and O–H groups in total. The van der Waals surface area contributed by atoms with E-state index < -0.39 is 0 Å². The van der Waals surface area contributed by atoms with Crippen LogP contribution in [-0.2, 0) is 0 Å². The minimum absolute atomic E-state index is 0.136. The van der Waals surface area contributed by atoms with Crippen molar-refractivity contribution in [3.63, 3.8) is 0 Å². The molecule has 0 radical (unpaired) electrons. The molecule has 5 nitrogen and oxygen atoms in total. The van der Waals surface area contributed by atoms with Gasteiger partial charge in [0.25, 0.3) is 5.91 Å². The van der Waals surface area contributed by atoms with Crippen LogP contribution in [-0.4, -0.2) is 41.1 Å². The van der Waals surface area contributed by atoms with Gasteiger partial charge < -0.3 is 10.2 Å². The van der Waals surface area contributed by atoms with Gasteiger partial charge >= 0.3 is 0 Å². The van der Waals surface area contributed by atoms with Crippen LogP contribution in [0.3, 0.4) is 0 Å². The molecular formula is C11H18N4O. The Morgan fingerprint density at radius 3 is 2.56 bits per heavy atom. The number of anilines is 1. The Hall–Kier alpha value is -1.65. The van der Waals surface area contributed by atoms with Gasteiger partial charge in [0.2, 0.25) is 0 Å². The van der Waals surface area contributed by atoms with Crippen LogP contribution < -0.4 is 5.32 Å². The van der Waals surface area contributed by atoms with Crippen molar-refractivity contribution < 1.29 is 4.79 Å². The minimum Gasteiger partial charge on any atom is -0.366 e. The Morgan fingerprint density at radius 2 is 2.12 bits per heavy atom. The molecule has 16 heavy (non-hydrogen) atoms. The highest BCUT2D eigenvalue weighted by Gasteiger charge is 2.10. The van der Waals surface area contributed by atoms with Crippen LogP contribution in [0, 0.1) is 0 Å². The maximum atomic E-state index is 11.5. The van der Waals surface area contributed by atoms with E-state index in [4.69, 9.17) is 0 Å². The first-order valence-corrected chi connectivity index (χ1v) is 5.36. The lowest BCUT2D eigenvalue weighted by atomic mass is 10.2. The SMILES string of the molecule is CCC(C)Nc1ccc(C(=O)N(C)C)nn1. The van der Waals surface area contributed by atoms with Crippen molar-refractivity contribution in [1.29, 1.82) is 0 Å². The molecule has 0 aliphatic heterocycles. The van der Waals surface area contributed by atoms with Gasteiger partial charge in [0.15, 0.2) is 5.69 Å². The van der Waals surface area contributed by atoms with Crippen LogP contribution in [0.15, 0.2) is 12.1 Å². The van der Waals surface area contributed by atoms with Crippen LogP contribution in [0.4, 0.5) is 5.82 Å². The van der Waals surface area contributed by atoms with Gasteiger partial charge in [-0.15, -0.1) is 10.2 Å². The molecule has 88 valence electrons. The highest BCUT2D eigenvalue weighted by Crippen LogP contribution is 2.06. The summed E-state index contributed by atoms with van der Waals surface area (Å²) >= 11 is 0. The van der Waals surface area contributed by atoms with Gasteiger partial charge in [-0.3, -0.25) is 4.79 Å². The fraction of sp³-hybridized carbons (Fsp3) is 0.545. The Balaban J connectivity index is 2.71. The minimum atomic E-state index is -0.136. The number of amides is 1. The number of hydrogen-bond donors (Lipinski definition) is 1. The summed E-state index contributed by atoms with van der Waals surface area (Å²) in [5, 5.41) is 11.0. The maximum Gasteiger partial charge on any atom is 0.273 e. The largest absolute Gasteiger partial charge is 0.366 e. The monoisotopic (exact) mass is 222 g/mol. The van der Waals surface area contributed by atoms with Gasteiger partial charge in [-0.05, 0) is 25.5 Å². The average molecular weight is 222 g/mol. The van der Waals surface area contributed by atoms with E-state index in [1.165, 1.54) is 4.90 Å². The van der Waals surface area contributed by atoms with Crippen LogP contribution in [0.5, 0.6) is 0 Å². The Labute approximate surface area is 95.9 Å². The van der Waals surface area contributed by atoms with Gasteiger partial charge in [-0.1, -0.05) is 6.92 Å². The summed E-state index contributed by atoms with van der Waals surface area (Å²) in [6, 6.07) is 3.81. The molecule has 1 rings (SSSR count). The van der Waals surface area contributed by atoms with Gasteiger partial charge in [-0.2, -0.15) is 0 Å². The molecule has 5 heteroatoms. The van der Waals surface area contributed by atoms with E-state index in [0.717, 1.165) is 6.42 Å². The summed E-state index contributed by atoms with van der Waals surface area (Å²) in [5.41, 5.74) is 0.361. The van der Waals surface area contributed by atoms with Crippen molar-refractivity contribution in [2.45, 2.75) is 26.3 Å². The van der Waals surface area contributed by atoms with Crippen LogP contribution in [0.25, 0.3) is 0 Å². The van der Waals surface area contributed by atoms with E-state index in [1.54, 1.807) is 26.2 Å². The zero-order valence-corrected chi connectivity index (χ0v) is 10.2. The lowest BCUT2D eigenvalue weighted by Crippen LogP contribution is -2.23. The molecule has 1 heterocycles. The molecule has 1 atom stereocenters. The Bertz CT molecular complexity index is 348. The number of nitrogens with zero attached hydrogens (tertiary/aromatic N) is 3. The summed E-state index contributed by atoms with van der Waals surface area (Å²) in [6.45, 7) is 4.16. The second-order valence-electron chi connectivity index (χ2n) is 3.96. The number of rotatable bonds is 4. The Morgan fingerprint density at radius 1 is 1.44 bits per heavy atom. The van der Waals surface area contributed by atoms with Gasteiger partial charge in [-0.25, -0.2) is 0 Å². The van der Waals surface area contributed by atoms with E-state index in [-0.39, 0.29) is 5.91 Å². The molecule has 0 saturated carbocycles. The van der Waals surface area contributed by atoms with Crippen molar-refractivity contribution >= 4 is 11.7 Å². The molecule has 0 bridgehead atoms. The highest BCUT2D eigenvalue weighted by molar-refractivity contribution is 5.91. The van der Waals surface area contributed by atoms with E-state index in [9.17, 15) is 4.79 Å². The summed E-state index contributed by atoms with van der Waals surface area (Å²) < 4.78 is 0. The highest BCUT2D eigenvalue weighted by atomic mass is 16.2. The standard InChI is InChI=1S/C11H18N4O/c1-5-8(2)12-10-7-6-9(13-14-10)11(16)15(3)4/h6-8H,5H2,1-4H3,(H,12,14). The lowest BCUT2D eigenvalue weighted by molar-refractivity contribution is 0.0821. The smallest absolute Gasteiger partial charge is 0.273 e. The number of carbonyl (C=O) groups excluding carboxylic acids is 1. The van der Waals surface area contributed by atoms with Crippen LogP contribution in [0.2, 0.25) is 0 Å². The van der Waals surface area contributed by atoms with Crippen molar-refractivity contribution in [2.75, 3.05) is 19.4 Å². The third-order valence-electron chi connectivity index (χ3n) is 2.30. The van der Waals surface area contributed by atoms with Crippen molar-refractivity contribution in [3.8, 4) is 0 Å². The van der Waals surface area contributed by atoms with Gasteiger partial charge in [0.1, 0.15) is 5.82 Å². The number of hydrogen-bond acceptors (Lipinski definition) is 4. The first kappa shape index (κ1) is 12.4. The number of aromatic nitrogens is 2. The molecule has 1 aromatic rings. The predicted molar refractivity (Wildman–Crippen MR) is 63.4 cm³/mol. The molecule has 0 aliphatic rings. The normalized spacial score (nSPS) is 12.0. The second-order valence-corrected chi connectivity index (χ2v) is 3.96. The molecule has 0 spiro atoms. The lowest BCUT2D eigenvalue weighted by Gasteiger charge is -2.12. The molecule has 0 aromatic carbocycles. The van der Waals surface area contributed by atoms with Gasteiger partial charge in [0.05, 0.1) is 0 Å². The Kier molecular flexibility index (Phi) is 4.22.